The summed E-state index contributed by atoms with van der Waals surface area (Å²) in [5.74, 6) is 0.462. The van der Waals surface area contributed by atoms with Crippen molar-refractivity contribution in [1.29, 1.82) is 0 Å². The number of hydrogen-bond acceptors (Lipinski definition) is 5. The molecule has 0 spiro atoms. The van der Waals surface area contributed by atoms with E-state index in [0.717, 1.165) is 0 Å². The maximum Gasteiger partial charge on any atom is 0.126 e. The summed E-state index contributed by atoms with van der Waals surface area (Å²) >= 11 is 0. The first-order valence-electron chi connectivity index (χ1n) is 5.09. The number of methoxy groups -OCH3 is 1. The second-order valence-electron chi connectivity index (χ2n) is 3.59. The molecule has 5 nitrogen and oxygen atoms in total. The van der Waals surface area contributed by atoms with Gasteiger partial charge >= 0.3 is 0 Å². The standard InChI is InChI=1S/C11H18N2O3/c1-16-10-6-7(13)2-3-8(10)11(15)9(14)4-5-12/h2-3,6,9,11,14-15H,4-5,12-13H2,1H3. The SMILES string of the molecule is COc1cc(N)ccc1C(O)C(O)CCN. The van der Waals surface area contributed by atoms with E-state index >= 15 is 0 Å². The van der Waals surface area contributed by atoms with E-state index in [1.54, 1.807) is 18.2 Å². The minimum atomic E-state index is -1.01. The molecule has 0 fully saturated rings. The summed E-state index contributed by atoms with van der Waals surface area (Å²) in [4.78, 5) is 0. The van der Waals surface area contributed by atoms with Crippen LogP contribution in [0.4, 0.5) is 5.69 Å². The average molecular weight is 226 g/mol. The predicted molar refractivity (Wildman–Crippen MR) is 62.0 cm³/mol. The summed E-state index contributed by atoms with van der Waals surface area (Å²) in [6.45, 7) is 0.315. The Bertz CT molecular complexity index is 344. The van der Waals surface area contributed by atoms with Crippen LogP contribution in [-0.4, -0.2) is 30.0 Å². The molecule has 0 amide bonds. The van der Waals surface area contributed by atoms with Crippen molar-refractivity contribution in [3.05, 3.63) is 23.8 Å². The molecule has 2 unspecified atom stereocenters. The smallest absolute Gasteiger partial charge is 0.126 e. The van der Waals surface area contributed by atoms with Crippen LogP contribution in [0.25, 0.3) is 0 Å². The zero-order valence-electron chi connectivity index (χ0n) is 9.26. The van der Waals surface area contributed by atoms with E-state index in [2.05, 4.69) is 0 Å². The molecule has 16 heavy (non-hydrogen) atoms. The van der Waals surface area contributed by atoms with Gasteiger partial charge < -0.3 is 26.4 Å². The fourth-order valence-corrected chi connectivity index (χ4v) is 1.51. The summed E-state index contributed by atoms with van der Waals surface area (Å²) < 4.78 is 5.09. The van der Waals surface area contributed by atoms with Crippen molar-refractivity contribution in [3.8, 4) is 5.75 Å². The third-order valence-electron chi connectivity index (χ3n) is 2.40. The van der Waals surface area contributed by atoms with E-state index in [-0.39, 0.29) is 0 Å². The first-order valence-corrected chi connectivity index (χ1v) is 5.09. The highest BCUT2D eigenvalue weighted by Gasteiger charge is 2.21. The van der Waals surface area contributed by atoms with E-state index in [1.807, 2.05) is 0 Å². The van der Waals surface area contributed by atoms with Gasteiger partial charge in [-0.15, -0.1) is 0 Å². The number of aliphatic hydroxyl groups excluding tert-OH is 2. The second-order valence-corrected chi connectivity index (χ2v) is 3.59. The summed E-state index contributed by atoms with van der Waals surface area (Å²) in [5, 5.41) is 19.5. The van der Waals surface area contributed by atoms with Crippen LogP contribution in [0.1, 0.15) is 18.1 Å². The number of hydrogen-bond donors (Lipinski definition) is 4. The van der Waals surface area contributed by atoms with Crippen molar-refractivity contribution < 1.29 is 14.9 Å². The first-order chi connectivity index (χ1) is 7.60. The molecule has 0 saturated heterocycles. The number of ether oxygens (including phenoxy) is 1. The van der Waals surface area contributed by atoms with Gasteiger partial charge in [0.15, 0.2) is 0 Å². The fourth-order valence-electron chi connectivity index (χ4n) is 1.51. The van der Waals surface area contributed by atoms with E-state index in [4.69, 9.17) is 16.2 Å². The Hall–Kier alpha value is -1.30. The van der Waals surface area contributed by atoms with E-state index < -0.39 is 12.2 Å². The van der Waals surface area contributed by atoms with E-state index in [9.17, 15) is 10.2 Å². The normalized spacial score (nSPS) is 14.5. The van der Waals surface area contributed by atoms with Crippen LogP contribution in [0.5, 0.6) is 5.75 Å². The Balaban J connectivity index is 2.93. The zero-order valence-corrected chi connectivity index (χ0v) is 9.26. The third-order valence-corrected chi connectivity index (χ3v) is 2.40. The Morgan fingerprint density at radius 2 is 2.06 bits per heavy atom. The Kier molecular flexibility index (Phi) is 4.54. The third kappa shape index (κ3) is 2.85. The fraction of sp³-hybridized carbons (Fsp3) is 0.455. The molecule has 0 heterocycles. The molecule has 0 aliphatic heterocycles. The number of benzene rings is 1. The quantitative estimate of drug-likeness (QED) is 0.530. The van der Waals surface area contributed by atoms with Crippen LogP contribution in [0.15, 0.2) is 18.2 Å². The Labute approximate surface area is 94.6 Å². The van der Waals surface area contributed by atoms with Gasteiger partial charge in [0, 0.05) is 17.3 Å². The van der Waals surface area contributed by atoms with Crippen LogP contribution in [0, 0.1) is 0 Å². The lowest BCUT2D eigenvalue weighted by Crippen LogP contribution is -2.22. The van der Waals surface area contributed by atoms with Gasteiger partial charge in [0.2, 0.25) is 0 Å². The van der Waals surface area contributed by atoms with Crippen LogP contribution in [0.2, 0.25) is 0 Å². The minimum Gasteiger partial charge on any atom is -0.496 e. The van der Waals surface area contributed by atoms with Crippen LogP contribution >= 0.6 is 0 Å². The summed E-state index contributed by atoms with van der Waals surface area (Å²) in [6, 6.07) is 4.89. The molecular weight excluding hydrogens is 208 g/mol. The molecule has 0 saturated carbocycles. The van der Waals surface area contributed by atoms with Crippen LogP contribution in [-0.2, 0) is 0 Å². The molecule has 0 bridgehead atoms. The molecule has 0 aliphatic rings. The highest BCUT2D eigenvalue weighted by Crippen LogP contribution is 2.29. The van der Waals surface area contributed by atoms with Gasteiger partial charge in [-0.25, -0.2) is 0 Å². The van der Waals surface area contributed by atoms with E-state index in [0.29, 0.717) is 30.0 Å². The van der Waals surface area contributed by atoms with Gasteiger partial charge in [-0.2, -0.15) is 0 Å². The molecule has 0 aliphatic carbocycles. The monoisotopic (exact) mass is 226 g/mol. The highest BCUT2D eigenvalue weighted by molar-refractivity contribution is 5.49. The molecular formula is C11H18N2O3. The predicted octanol–water partition coefficient (Wildman–Crippen LogP) is 0.0205. The molecule has 1 aromatic carbocycles. The topological polar surface area (TPSA) is 102 Å². The van der Waals surface area contributed by atoms with Crippen molar-refractivity contribution in [2.24, 2.45) is 5.73 Å². The van der Waals surface area contributed by atoms with Gasteiger partial charge in [-0.3, -0.25) is 0 Å². The van der Waals surface area contributed by atoms with Crippen molar-refractivity contribution >= 4 is 5.69 Å². The lowest BCUT2D eigenvalue weighted by molar-refractivity contribution is 0.0137. The van der Waals surface area contributed by atoms with Crippen LogP contribution in [0.3, 0.4) is 0 Å². The number of nitrogens with two attached hydrogens (primary N) is 2. The Morgan fingerprint density at radius 1 is 1.38 bits per heavy atom. The van der Waals surface area contributed by atoms with Crippen molar-refractivity contribution in [3.63, 3.8) is 0 Å². The summed E-state index contributed by atoms with van der Waals surface area (Å²) in [7, 11) is 1.49. The largest absolute Gasteiger partial charge is 0.496 e. The average Bonchev–Trinajstić information content (AvgIpc) is 2.28. The van der Waals surface area contributed by atoms with Crippen molar-refractivity contribution in [1.82, 2.24) is 0 Å². The molecule has 5 heteroatoms. The van der Waals surface area contributed by atoms with Crippen molar-refractivity contribution in [2.45, 2.75) is 18.6 Å². The van der Waals surface area contributed by atoms with Crippen LogP contribution < -0.4 is 16.2 Å². The van der Waals surface area contributed by atoms with E-state index in [1.165, 1.54) is 7.11 Å². The minimum absolute atomic E-state index is 0.315. The summed E-state index contributed by atoms with van der Waals surface area (Å²) in [5.41, 5.74) is 12.0. The number of nitrogen functional groups attached to an aromatic ring is 1. The van der Waals surface area contributed by atoms with Crippen molar-refractivity contribution in [2.75, 3.05) is 19.4 Å². The van der Waals surface area contributed by atoms with Gasteiger partial charge in [0.1, 0.15) is 11.9 Å². The maximum atomic E-state index is 9.90. The highest BCUT2D eigenvalue weighted by atomic mass is 16.5. The second kappa shape index (κ2) is 5.69. The molecule has 90 valence electrons. The van der Waals surface area contributed by atoms with Gasteiger partial charge in [-0.05, 0) is 19.0 Å². The number of aliphatic hydroxyl groups is 2. The molecule has 6 N–H and O–H groups in total. The molecule has 2 atom stereocenters. The molecule has 1 rings (SSSR count). The number of anilines is 1. The molecule has 1 aromatic rings. The van der Waals surface area contributed by atoms with Gasteiger partial charge in [0.05, 0.1) is 13.2 Å². The lowest BCUT2D eigenvalue weighted by Gasteiger charge is -2.19. The first kappa shape index (κ1) is 12.8. The zero-order chi connectivity index (χ0) is 12.1. The maximum absolute atomic E-state index is 9.90. The number of rotatable bonds is 5. The molecule has 0 aromatic heterocycles. The van der Waals surface area contributed by atoms with Gasteiger partial charge in [0.25, 0.3) is 0 Å². The lowest BCUT2D eigenvalue weighted by atomic mass is 10.0. The Morgan fingerprint density at radius 3 is 2.62 bits per heavy atom. The van der Waals surface area contributed by atoms with Gasteiger partial charge in [-0.1, -0.05) is 6.07 Å². The summed E-state index contributed by atoms with van der Waals surface area (Å²) in [6.07, 6.45) is -1.59. The molecule has 0 radical (unpaired) electrons.